The van der Waals surface area contributed by atoms with Crippen LogP contribution in [-0.4, -0.2) is 36.6 Å². The maximum absolute atomic E-state index is 12.3. The van der Waals surface area contributed by atoms with E-state index in [2.05, 4.69) is 0 Å². The standard InChI is InChI=1S/C25H30N2O4/c1-7-29-17(2)30-21-14-10-19-11-15-22(26-23(19)16-21)18-8-12-20(13-9-18)27(6)24(28)31-25(3,4)5/h8-17H,7H2,1-6H3. The summed E-state index contributed by atoms with van der Waals surface area (Å²) >= 11 is 0. The number of pyridine rings is 1. The van der Waals surface area contributed by atoms with Gasteiger partial charge in [0.2, 0.25) is 0 Å². The quantitative estimate of drug-likeness (QED) is 0.454. The Morgan fingerprint density at radius 1 is 1.06 bits per heavy atom. The Kier molecular flexibility index (Phi) is 6.81. The van der Waals surface area contributed by atoms with Gasteiger partial charge < -0.3 is 14.2 Å². The van der Waals surface area contributed by atoms with Crippen molar-refractivity contribution in [1.82, 2.24) is 4.98 Å². The number of anilines is 1. The van der Waals surface area contributed by atoms with Crippen molar-refractivity contribution in [3.63, 3.8) is 0 Å². The Morgan fingerprint density at radius 2 is 1.74 bits per heavy atom. The molecule has 1 amide bonds. The topological polar surface area (TPSA) is 60.9 Å². The van der Waals surface area contributed by atoms with Crippen molar-refractivity contribution in [2.45, 2.75) is 46.5 Å². The first kappa shape index (κ1) is 22.6. The SMILES string of the molecule is CCOC(C)Oc1ccc2ccc(-c3ccc(N(C)C(=O)OC(C)(C)C)cc3)nc2c1. The molecule has 0 radical (unpaired) electrons. The van der Waals surface area contributed by atoms with E-state index in [1.807, 2.05) is 89.2 Å². The van der Waals surface area contributed by atoms with E-state index < -0.39 is 11.7 Å². The highest BCUT2D eigenvalue weighted by Gasteiger charge is 2.20. The third-order valence-electron chi connectivity index (χ3n) is 4.58. The fourth-order valence-corrected chi connectivity index (χ4v) is 3.08. The molecule has 1 unspecified atom stereocenters. The van der Waals surface area contributed by atoms with Crippen LogP contribution in [0.5, 0.6) is 5.75 Å². The van der Waals surface area contributed by atoms with Crippen molar-refractivity contribution in [2.75, 3.05) is 18.6 Å². The molecule has 0 fully saturated rings. The van der Waals surface area contributed by atoms with Crippen LogP contribution in [0.25, 0.3) is 22.2 Å². The average molecular weight is 423 g/mol. The molecule has 0 N–H and O–H groups in total. The largest absolute Gasteiger partial charge is 0.465 e. The monoisotopic (exact) mass is 422 g/mol. The van der Waals surface area contributed by atoms with Crippen LogP contribution in [0.3, 0.4) is 0 Å². The van der Waals surface area contributed by atoms with Gasteiger partial charge in [0, 0.05) is 36.4 Å². The van der Waals surface area contributed by atoms with Gasteiger partial charge in [-0.25, -0.2) is 9.78 Å². The molecule has 1 aromatic heterocycles. The minimum Gasteiger partial charge on any atom is -0.465 e. The molecule has 2 aromatic carbocycles. The Hall–Kier alpha value is -3.12. The number of hydrogen-bond donors (Lipinski definition) is 0. The molecule has 6 nitrogen and oxygen atoms in total. The molecule has 164 valence electrons. The molecule has 6 heteroatoms. The van der Waals surface area contributed by atoms with Crippen molar-refractivity contribution in [3.8, 4) is 17.0 Å². The number of carbonyl (C=O) groups is 1. The van der Waals surface area contributed by atoms with E-state index in [9.17, 15) is 4.79 Å². The van der Waals surface area contributed by atoms with Crippen molar-refractivity contribution >= 4 is 22.7 Å². The van der Waals surface area contributed by atoms with Crippen LogP contribution < -0.4 is 9.64 Å². The number of carbonyl (C=O) groups excluding carboxylic acids is 1. The zero-order chi connectivity index (χ0) is 22.6. The van der Waals surface area contributed by atoms with Crippen LogP contribution in [0, 0.1) is 0 Å². The molecule has 0 aliphatic heterocycles. The number of hydrogen-bond acceptors (Lipinski definition) is 5. The van der Waals surface area contributed by atoms with Crippen LogP contribution in [-0.2, 0) is 9.47 Å². The maximum Gasteiger partial charge on any atom is 0.414 e. The molecule has 0 saturated carbocycles. The van der Waals surface area contributed by atoms with E-state index in [1.165, 1.54) is 4.90 Å². The third kappa shape index (κ3) is 5.95. The van der Waals surface area contributed by atoms with Gasteiger partial charge in [0.1, 0.15) is 11.4 Å². The molecule has 0 bridgehead atoms. The third-order valence-corrected chi connectivity index (χ3v) is 4.58. The normalized spacial score (nSPS) is 12.5. The second-order valence-corrected chi connectivity index (χ2v) is 8.28. The number of fused-ring (bicyclic) bond motifs is 1. The maximum atomic E-state index is 12.3. The van der Waals surface area contributed by atoms with Gasteiger partial charge in [0.25, 0.3) is 0 Å². The van der Waals surface area contributed by atoms with E-state index in [-0.39, 0.29) is 6.29 Å². The van der Waals surface area contributed by atoms with Crippen LogP contribution in [0.15, 0.2) is 54.6 Å². The van der Waals surface area contributed by atoms with Crippen molar-refractivity contribution in [3.05, 3.63) is 54.6 Å². The highest BCUT2D eigenvalue weighted by atomic mass is 16.7. The summed E-state index contributed by atoms with van der Waals surface area (Å²) in [6, 6.07) is 17.5. The van der Waals surface area contributed by atoms with E-state index in [0.29, 0.717) is 12.4 Å². The highest BCUT2D eigenvalue weighted by molar-refractivity contribution is 5.88. The summed E-state index contributed by atoms with van der Waals surface area (Å²) in [4.78, 5) is 18.6. The summed E-state index contributed by atoms with van der Waals surface area (Å²) < 4.78 is 16.7. The summed E-state index contributed by atoms with van der Waals surface area (Å²) in [6.45, 7) is 9.94. The molecule has 1 atom stereocenters. The Balaban J connectivity index is 1.80. The Morgan fingerprint density at radius 3 is 2.39 bits per heavy atom. The number of nitrogens with zero attached hydrogens (tertiary/aromatic N) is 2. The smallest absolute Gasteiger partial charge is 0.414 e. The van der Waals surface area contributed by atoms with Gasteiger partial charge >= 0.3 is 6.09 Å². The zero-order valence-electron chi connectivity index (χ0n) is 19.0. The van der Waals surface area contributed by atoms with Gasteiger partial charge in [0.05, 0.1) is 11.2 Å². The summed E-state index contributed by atoms with van der Waals surface area (Å²) in [5.41, 5.74) is 2.85. The summed E-state index contributed by atoms with van der Waals surface area (Å²) in [5, 5.41) is 1.03. The summed E-state index contributed by atoms with van der Waals surface area (Å²) in [5.74, 6) is 0.715. The molecule has 0 aliphatic carbocycles. The van der Waals surface area contributed by atoms with Gasteiger partial charge in [-0.1, -0.05) is 18.2 Å². The second-order valence-electron chi connectivity index (χ2n) is 8.28. The number of amides is 1. The number of aromatic nitrogens is 1. The van der Waals surface area contributed by atoms with E-state index >= 15 is 0 Å². The fraction of sp³-hybridized carbons (Fsp3) is 0.360. The van der Waals surface area contributed by atoms with Crippen molar-refractivity contribution < 1.29 is 19.0 Å². The lowest BCUT2D eigenvalue weighted by atomic mass is 10.1. The lowest BCUT2D eigenvalue weighted by Crippen LogP contribution is -2.34. The lowest BCUT2D eigenvalue weighted by Gasteiger charge is -2.24. The van der Waals surface area contributed by atoms with Crippen LogP contribution >= 0.6 is 0 Å². The van der Waals surface area contributed by atoms with E-state index in [4.69, 9.17) is 19.2 Å². The number of rotatable bonds is 6. The molecular weight excluding hydrogens is 392 g/mol. The molecule has 3 aromatic rings. The number of benzene rings is 2. The van der Waals surface area contributed by atoms with Gasteiger partial charge in [-0.05, 0) is 65.0 Å². The average Bonchev–Trinajstić information content (AvgIpc) is 2.71. The van der Waals surface area contributed by atoms with Gasteiger partial charge in [0.15, 0.2) is 6.29 Å². The molecule has 3 rings (SSSR count). The Labute approximate surface area is 183 Å². The molecule has 0 aliphatic rings. The fourth-order valence-electron chi connectivity index (χ4n) is 3.08. The predicted molar refractivity (Wildman–Crippen MR) is 124 cm³/mol. The molecule has 0 spiro atoms. The predicted octanol–water partition coefficient (Wildman–Crippen LogP) is 6.03. The zero-order valence-corrected chi connectivity index (χ0v) is 19.0. The minimum atomic E-state index is -0.538. The first-order valence-corrected chi connectivity index (χ1v) is 10.4. The first-order chi connectivity index (χ1) is 14.7. The van der Waals surface area contributed by atoms with E-state index in [0.717, 1.165) is 27.8 Å². The van der Waals surface area contributed by atoms with Gasteiger partial charge in [-0.3, -0.25) is 4.90 Å². The van der Waals surface area contributed by atoms with Crippen LogP contribution in [0.2, 0.25) is 0 Å². The summed E-state index contributed by atoms with van der Waals surface area (Å²) in [7, 11) is 1.70. The Bertz CT molecular complexity index is 1040. The van der Waals surface area contributed by atoms with Crippen LogP contribution in [0.4, 0.5) is 10.5 Å². The van der Waals surface area contributed by atoms with E-state index in [1.54, 1.807) is 7.05 Å². The molecule has 31 heavy (non-hydrogen) atoms. The van der Waals surface area contributed by atoms with Crippen LogP contribution in [0.1, 0.15) is 34.6 Å². The second kappa shape index (κ2) is 9.35. The van der Waals surface area contributed by atoms with Crippen molar-refractivity contribution in [1.29, 1.82) is 0 Å². The highest BCUT2D eigenvalue weighted by Crippen LogP contribution is 2.26. The first-order valence-electron chi connectivity index (χ1n) is 10.4. The summed E-state index contributed by atoms with van der Waals surface area (Å²) in [6.07, 6.45) is -0.710. The van der Waals surface area contributed by atoms with Crippen molar-refractivity contribution in [2.24, 2.45) is 0 Å². The van der Waals surface area contributed by atoms with Gasteiger partial charge in [-0.15, -0.1) is 0 Å². The molecule has 1 heterocycles. The number of ether oxygens (including phenoxy) is 3. The lowest BCUT2D eigenvalue weighted by molar-refractivity contribution is -0.0612. The molecular formula is C25H30N2O4. The van der Waals surface area contributed by atoms with Gasteiger partial charge in [-0.2, -0.15) is 0 Å². The minimum absolute atomic E-state index is 0.319. The molecule has 0 saturated heterocycles.